The van der Waals surface area contributed by atoms with Crippen molar-refractivity contribution in [1.82, 2.24) is 9.97 Å². The van der Waals surface area contributed by atoms with Gasteiger partial charge in [-0.25, -0.2) is 4.98 Å². The van der Waals surface area contributed by atoms with E-state index in [1.165, 1.54) is 0 Å². The van der Waals surface area contributed by atoms with Gasteiger partial charge in [-0.15, -0.1) is 0 Å². The fourth-order valence-electron chi connectivity index (χ4n) is 1.31. The Morgan fingerprint density at radius 2 is 2.25 bits per heavy atom. The summed E-state index contributed by atoms with van der Waals surface area (Å²) in [5.74, 6) is 0.588. The fourth-order valence-corrected chi connectivity index (χ4v) is 1.31. The predicted octanol–water partition coefficient (Wildman–Crippen LogP) is 1.97. The highest BCUT2D eigenvalue weighted by Crippen LogP contribution is 2.24. The molecule has 4 nitrogen and oxygen atoms in total. The van der Waals surface area contributed by atoms with Crippen molar-refractivity contribution in [2.45, 2.75) is 19.3 Å². The molecule has 16 heavy (non-hydrogen) atoms. The Balaban J connectivity index is 2.34. The summed E-state index contributed by atoms with van der Waals surface area (Å²) in [6, 6.07) is 3.77. The van der Waals surface area contributed by atoms with E-state index in [4.69, 9.17) is 10.2 Å². The van der Waals surface area contributed by atoms with Crippen LogP contribution in [0.4, 0.5) is 0 Å². The molecule has 0 saturated carbocycles. The van der Waals surface area contributed by atoms with E-state index >= 15 is 0 Å². The number of nitrogens with two attached hydrogens (primary N) is 1. The second-order valence-corrected chi connectivity index (χ2v) is 4.37. The van der Waals surface area contributed by atoms with Crippen LogP contribution >= 0.6 is 0 Å². The number of oxazole rings is 1. The number of rotatable bonds is 3. The van der Waals surface area contributed by atoms with Gasteiger partial charge in [0.1, 0.15) is 6.26 Å². The first-order valence-electron chi connectivity index (χ1n) is 5.20. The predicted molar refractivity (Wildman–Crippen MR) is 61.8 cm³/mol. The monoisotopic (exact) mass is 217 g/mol. The van der Waals surface area contributed by atoms with Gasteiger partial charge in [-0.3, -0.25) is 4.98 Å². The van der Waals surface area contributed by atoms with Crippen molar-refractivity contribution in [3.8, 4) is 11.5 Å². The summed E-state index contributed by atoms with van der Waals surface area (Å²) in [7, 11) is 0. The third kappa shape index (κ3) is 1.97. The molecule has 0 amide bonds. The van der Waals surface area contributed by atoms with Crippen LogP contribution in [0.25, 0.3) is 11.5 Å². The van der Waals surface area contributed by atoms with Crippen LogP contribution in [0.1, 0.15) is 19.5 Å². The van der Waals surface area contributed by atoms with Crippen molar-refractivity contribution in [1.29, 1.82) is 0 Å². The Labute approximate surface area is 94.5 Å². The average molecular weight is 217 g/mol. The number of pyridine rings is 1. The third-order valence-corrected chi connectivity index (χ3v) is 2.62. The number of hydrogen-bond acceptors (Lipinski definition) is 4. The molecule has 0 aliphatic rings. The standard InChI is InChI=1S/C12H15N3O/c1-12(2,8-13)10-7-16-11(15-10)9-4-3-5-14-6-9/h3-7H,8,13H2,1-2H3. The molecule has 0 aliphatic heterocycles. The molecule has 2 heterocycles. The zero-order valence-corrected chi connectivity index (χ0v) is 9.47. The number of hydrogen-bond donors (Lipinski definition) is 1. The number of nitrogens with zero attached hydrogens (tertiary/aromatic N) is 2. The maximum Gasteiger partial charge on any atom is 0.227 e. The minimum Gasteiger partial charge on any atom is -0.444 e. The molecule has 2 aromatic rings. The lowest BCUT2D eigenvalue weighted by molar-refractivity contribution is 0.512. The van der Waals surface area contributed by atoms with Gasteiger partial charge in [0.25, 0.3) is 0 Å². The van der Waals surface area contributed by atoms with E-state index in [0.717, 1.165) is 11.3 Å². The molecule has 2 rings (SSSR count). The average Bonchev–Trinajstić information content (AvgIpc) is 2.80. The minimum atomic E-state index is -0.163. The highest BCUT2D eigenvalue weighted by Gasteiger charge is 2.23. The Hall–Kier alpha value is -1.68. The maximum atomic E-state index is 5.69. The summed E-state index contributed by atoms with van der Waals surface area (Å²) in [6.07, 6.45) is 5.11. The van der Waals surface area contributed by atoms with Gasteiger partial charge < -0.3 is 10.2 Å². The first-order chi connectivity index (χ1) is 7.63. The molecule has 0 spiro atoms. The highest BCUT2D eigenvalue weighted by molar-refractivity contribution is 5.51. The van der Waals surface area contributed by atoms with Crippen LogP contribution < -0.4 is 5.73 Å². The van der Waals surface area contributed by atoms with E-state index < -0.39 is 0 Å². The van der Waals surface area contributed by atoms with Crippen molar-refractivity contribution < 1.29 is 4.42 Å². The lowest BCUT2D eigenvalue weighted by Crippen LogP contribution is -2.28. The second-order valence-electron chi connectivity index (χ2n) is 4.37. The molecular formula is C12H15N3O. The van der Waals surface area contributed by atoms with Gasteiger partial charge >= 0.3 is 0 Å². The van der Waals surface area contributed by atoms with E-state index in [1.807, 2.05) is 26.0 Å². The van der Waals surface area contributed by atoms with Gasteiger partial charge in [0, 0.05) is 24.4 Å². The Bertz CT molecular complexity index is 462. The van der Waals surface area contributed by atoms with Crippen LogP contribution in [0, 0.1) is 0 Å². The Morgan fingerprint density at radius 1 is 1.44 bits per heavy atom. The smallest absolute Gasteiger partial charge is 0.227 e. The summed E-state index contributed by atoms with van der Waals surface area (Å²) in [5.41, 5.74) is 7.28. The quantitative estimate of drug-likeness (QED) is 0.853. The van der Waals surface area contributed by atoms with Crippen LogP contribution in [0.5, 0.6) is 0 Å². The summed E-state index contributed by atoms with van der Waals surface area (Å²) in [6.45, 7) is 4.61. The summed E-state index contributed by atoms with van der Waals surface area (Å²) in [5, 5.41) is 0. The molecule has 84 valence electrons. The summed E-state index contributed by atoms with van der Waals surface area (Å²) < 4.78 is 5.43. The molecule has 0 bridgehead atoms. The fraction of sp³-hybridized carbons (Fsp3) is 0.333. The van der Waals surface area contributed by atoms with E-state index in [2.05, 4.69) is 9.97 Å². The molecule has 0 unspecified atom stereocenters. The molecule has 0 radical (unpaired) electrons. The van der Waals surface area contributed by atoms with Crippen LogP contribution in [0.2, 0.25) is 0 Å². The number of aromatic nitrogens is 2. The molecule has 0 aromatic carbocycles. The van der Waals surface area contributed by atoms with Crippen molar-refractivity contribution in [3.05, 3.63) is 36.5 Å². The maximum absolute atomic E-state index is 5.69. The SMILES string of the molecule is CC(C)(CN)c1coc(-c2cccnc2)n1. The van der Waals surface area contributed by atoms with Crippen LogP contribution in [-0.4, -0.2) is 16.5 Å². The first-order valence-corrected chi connectivity index (χ1v) is 5.20. The lowest BCUT2D eigenvalue weighted by Gasteiger charge is -2.18. The summed E-state index contributed by atoms with van der Waals surface area (Å²) in [4.78, 5) is 8.46. The molecule has 0 aliphatic carbocycles. The first kappa shape index (κ1) is 10.8. The van der Waals surface area contributed by atoms with Crippen LogP contribution in [0.3, 0.4) is 0 Å². The Kier molecular flexibility index (Phi) is 2.75. The Morgan fingerprint density at radius 3 is 2.88 bits per heavy atom. The van der Waals surface area contributed by atoms with Crippen LogP contribution in [0.15, 0.2) is 35.2 Å². The lowest BCUT2D eigenvalue weighted by atomic mass is 9.90. The zero-order valence-electron chi connectivity index (χ0n) is 9.47. The van der Waals surface area contributed by atoms with Crippen molar-refractivity contribution in [3.63, 3.8) is 0 Å². The normalized spacial score (nSPS) is 11.7. The molecule has 0 fully saturated rings. The summed E-state index contributed by atoms with van der Waals surface area (Å²) >= 11 is 0. The van der Waals surface area contributed by atoms with Gasteiger partial charge in [-0.2, -0.15) is 0 Å². The molecule has 2 aromatic heterocycles. The van der Waals surface area contributed by atoms with Gasteiger partial charge in [-0.05, 0) is 12.1 Å². The largest absolute Gasteiger partial charge is 0.444 e. The van der Waals surface area contributed by atoms with E-state index in [-0.39, 0.29) is 5.41 Å². The van der Waals surface area contributed by atoms with Gasteiger partial charge in [0.05, 0.1) is 11.3 Å². The second kappa shape index (κ2) is 4.06. The highest BCUT2D eigenvalue weighted by atomic mass is 16.3. The van der Waals surface area contributed by atoms with E-state index in [0.29, 0.717) is 12.4 Å². The zero-order chi connectivity index (χ0) is 11.6. The minimum absolute atomic E-state index is 0.163. The molecule has 0 atom stereocenters. The molecular weight excluding hydrogens is 202 g/mol. The van der Waals surface area contributed by atoms with Crippen molar-refractivity contribution >= 4 is 0 Å². The topological polar surface area (TPSA) is 64.9 Å². The molecule has 4 heteroatoms. The molecule has 0 saturated heterocycles. The molecule has 2 N–H and O–H groups in total. The van der Waals surface area contributed by atoms with Crippen molar-refractivity contribution in [2.24, 2.45) is 5.73 Å². The van der Waals surface area contributed by atoms with Gasteiger partial charge in [0.2, 0.25) is 5.89 Å². The van der Waals surface area contributed by atoms with E-state index in [1.54, 1.807) is 18.7 Å². The van der Waals surface area contributed by atoms with Gasteiger partial charge in [-0.1, -0.05) is 13.8 Å². The third-order valence-electron chi connectivity index (χ3n) is 2.62. The van der Waals surface area contributed by atoms with Crippen molar-refractivity contribution in [2.75, 3.05) is 6.54 Å². The van der Waals surface area contributed by atoms with Crippen LogP contribution in [-0.2, 0) is 5.41 Å². The van der Waals surface area contributed by atoms with Gasteiger partial charge in [0.15, 0.2) is 0 Å². The van der Waals surface area contributed by atoms with E-state index in [9.17, 15) is 0 Å².